The summed E-state index contributed by atoms with van der Waals surface area (Å²) in [6, 6.07) is 52.4. The van der Waals surface area contributed by atoms with Crippen LogP contribution >= 0.6 is 8.15 Å². The van der Waals surface area contributed by atoms with Gasteiger partial charge in [0.05, 0.1) is 14.2 Å². The molecule has 7 rings (SSSR count). The van der Waals surface area contributed by atoms with Crippen molar-refractivity contribution in [3.05, 3.63) is 152 Å². The van der Waals surface area contributed by atoms with E-state index < -0.39 is 8.15 Å². The first-order chi connectivity index (χ1) is 21.8. The Balaban J connectivity index is 1.49. The minimum Gasteiger partial charge on any atom is -0.496 e. The van der Waals surface area contributed by atoms with E-state index >= 15 is 0 Å². The SMILES string of the molecule is COc1ccc2ccccc2c1-c1c(OC)c(-c2ccccc2OP(c2ccccc2)c2ccccc2)cc2ccccc12. The van der Waals surface area contributed by atoms with Crippen LogP contribution < -0.4 is 24.6 Å². The van der Waals surface area contributed by atoms with E-state index in [1.54, 1.807) is 14.2 Å². The molecule has 0 heterocycles. The van der Waals surface area contributed by atoms with Gasteiger partial charge in [0.25, 0.3) is 0 Å². The van der Waals surface area contributed by atoms with Crippen molar-refractivity contribution in [3.8, 4) is 39.5 Å². The van der Waals surface area contributed by atoms with Gasteiger partial charge in [-0.1, -0.05) is 133 Å². The first-order valence-corrected chi connectivity index (χ1v) is 15.9. The second-order valence-corrected chi connectivity index (χ2v) is 12.3. The maximum Gasteiger partial charge on any atom is 0.150 e. The third-order valence-electron chi connectivity index (χ3n) is 7.91. The Hall–Kier alpha value is -5.11. The van der Waals surface area contributed by atoms with Crippen LogP contribution in [0.1, 0.15) is 0 Å². The molecule has 0 unspecified atom stereocenters. The van der Waals surface area contributed by atoms with Gasteiger partial charge < -0.3 is 14.0 Å². The van der Waals surface area contributed by atoms with Crippen LogP contribution in [0.5, 0.6) is 17.2 Å². The zero-order valence-electron chi connectivity index (χ0n) is 24.6. The Morgan fingerprint density at radius 2 is 1.00 bits per heavy atom. The molecule has 7 aromatic rings. The molecule has 3 nitrogen and oxygen atoms in total. The van der Waals surface area contributed by atoms with E-state index in [2.05, 4.69) is 127 Å². The number of hydrogen-bond acceptors (Lipinski definition) is 3. The Labute approximate surface area is 259 Å². The molecule has 0 atom stereocenters. The lowest BCUT2D eigenvalue weighted by molar-refractivity contribution is 0.412. The summed E-state index contributed by atoms with van der Waals surface area (Å²) in [6.45, 7) is 0. The van der Waals surface area contributed by atoms with Crippen molar-refractivity contribution in [1.29, 1.82) is 0 Å². The van der Waals surface area contributed by atoms with Crippen LogP contribution in [0.4, 0.5) is 0 Å². The van der Waals surface area contributed by atoms with E-state index in [1.165, 1.54) is 0 Å². The van der Waals surface area contributed by atoms with Crippen LogP contribution in [0.2, 0.25) is 0 Å². The lowest BCUT2D eigenvalue weighted by atomic mass is 9.88. The van der Waals surface area contributed by atoms with Crippen LogP contribution in [0.25, 0.3) is 43.8 Å². The molecule has 0 amide bonds. The topological polar surface area (TPSA) is 27.7 Å². The number of ether oxygens (including phenoxy) is 2. The average Bonchev–Trinajstić information content (AvgIpc) is 3.10. The molecule has 0 aromatic heterocycles. The fourth-order valence-corrected chi connectivity index (χ4v) is 7.67. The van der Waals surface area contributed by atoms with Crippen molar-refractivity contribution < 1.29 is 14.0 Å². The minimum atomic E-state index is -1.13. The van der Waals surface area contributed by atoms with Gasteiger partial charge >= 0.3 is 0 Å². The molecule has 0 aliphatic carbocycles. The smallest absolute Gasteiger partial charge is 0.150 e. The highest BCUT2D eigenvalue weighted by molar-refractivity contribution is 7.68. The summed E-state index contributed by atoms with van der Waals surface area (Å²) >= 11 is 0. The summed E-state index contributed by atoms with van der Waals surface area (Å²) in [6.07, 6.45) is 0. The molecule has 0 aliphatic rings. The zero-order chi connectivity index (χ0) is 29.9. The average molecular weight is 591 g/mol. The third-order valence-corrected chi connectivity index (χ3v) is 9.83. The van der Waals surface area contributed by atoms with E-state index in [4.69, 9.17) is 14.0 Å². The Bertz CT molecular complexity index is 2030. The monoisotopic (exact) mass is 590 g/mol. The fourth-order valence-electron chi connectivity index (χ4n) is 5.92. The van der Waals surface area contributed by atoms with E-state index in [0.717, 1.165) is 71.7 Å². The predicted molar refractivity (Wildman–Crippen MR) is 185 cm³/mol. The van der Waals surface area contributed by atoms with E-state index in [-0.39, 0.29) is 0 Å². The quantitative estimate of drug-likeness (QED) is 0.165. The zero-order valence-corrected chi connectivity index (χ0v) is 25.5. The molecule has 0 radical (unpaired) electrons. The van der Waals surface area contributed by atoms with Crippen LogP contribution in [0.15, 0.2) is 152 Å². The lowest BCUT2D eigenvalue weighted by Crippen LogP contribution is -2.15. The van der Waals surface area contributed by atoms with Crippen molar-refractivity contribution >= 4 is 40.3 Å². The Morgan fingerprint density at radius 1 is 0.432 bits per heavy atom. The molecule has 0 bridgehead atoms. The number of rotatable bonds is 8. The highest BCUT2D eigenvalue weighted by Gasteiger charge is 2.25. The van der Waals surface area contributed by atoms with Gasteiger partial charge in [-0.3, -0.25) is 0 Å². The maximum absolute atomic E-state index is 7.03. The second kappa shape index (κ2) is 12.2. The summed E-state index contributed by atoms with van der Waals surface area (Å²) in [5.74, 6) is 2.37. The lowest BCUT2D eigenvalue weighted by Gasteiger charge is -2.24. The molecule has 4 heteroatoms. The van der Waals surface area contributed by atoms with Gasteiger partial charge in [-0.15, -0.1) is 0 Å². The number of fused-ring (bicyclic) bond motifs is 2. The normalized spacial score (nSPS) is 11.2. The van der Waals surface area contributed by atoms with Gasteiger partial charge in [0, 0.05) is 32.9 Å². The van der Waals surface area contributed by atoms with Crippen molar-refractivity contribution in [2.75, 3.05) is 14.2 Å². The Morgan fingerprint density at radius 3 is 1.66 bits per heavy atom. The van der Waals surface area contributed by atoms with Crippen LogP contribution in [-0.2, 0) is 0 Å². The molecule has 0 saturated heterocycles. The molecule has 0 aliphatic heterocycles. The number of hydrogen-bond donors (Lipinski definition) is 0. The minimum absolute atomic E-state index is 0.776. The third kappa shape index (κ3) is 5.06. The molecule has 0 N–H and O–H groups in total. The Kier molecular flexibility index (Phi) is 7.71. The maximum atomic E-state index is 7.03. The standard InChI is InChI=1S/C40H31O3P/c1-41-37-26-25-28-15-9-11-21-32(28)38(37)39-33-22-12-10-16-29(33)27-35(40(39)42-2)34-23-13-14-24-36(34)43-44(30-17-5-3-6-18-30)31-19-7-4-8-20-31/h3-27H,1-2H3. The number of para-hydroxylation sites is 1. The molecule has 0 fully saturated rings. The molecule has 7 aromatic carbocycles. The van der Waals surface area contributed by atoms with E-state index in [9.17, 15) is 0 Å². The molecule has 0 spiro atoms. The highest BCUT2D eigenvalue weighted by Crippen LogP contribution is 2.51. The van der Waals surface area contributed by atoms with Gasteiger partial charge in [-0.2, -0.15) is 0 Å². The van der Waals surface area contributed by atoms with Crippen LogP contribution in [-0.4, -0.2) is 14.2 Å². The molecule has 44 heavy (non-hydrogen) atoms. The van der Waals surface area contributed by atoms with Crippen molar-refractivity contribution in [2.45, 2.75) is 0 Å². The largest absolute Gasteiger partial charge is 0.496 e. The van der Waals surface area contributed by atoms with Gasteiger partial charge in [-0.05, 0) is 39.7 Å². The van der Waals surface area contributed by atoms with Gasteiger partial charge in [-0.25, -0.2) is 0 Å². The van der Waals surface area contributed by atoms with E-state index in [0.29, 0.717) is 0 Å². The first-order valence-electron chi connectivity index (χ1n) is 14.6. The molecule has 0 saturated carbocycles. The summed E-state index contributed by atoms with van der Waals surface area (Å²) in [7, 11) is 2.35. The highest BCUT2D eigenvalue weighted by atomic mass is 31.1. The summed E-state index contributed by atoms with van der Waals surface area (Å²) in [5.41, 5.74) is 3.94. The van der Waals surface area contributed by atoms with Crippen molar-refractivity contribution in [3.63, 3.8) is 0 Å². The second-order valence-electron chi connectivity index (χ2n) is 10.5. The van der Waals surface area contributed by atoms with Crippen LogP contribution in [0, 0.1) is 0 Å². The molecular formula is C40H31O3P. The van der Waals surface area contributed by atoms with Gasteiger partial charge in [0.2, 0.25) is 0 Å². The number of benzene rings is 7. The fraction of sp³-hybridized carbons (Fsp3) is 0.0500. The van der Waals surface area contributed by atoms with Crippen LogP contribution in [0.3, 0.4) is 0 Å². The predicted octanol–water partition coefficient (Wildman–Crippen LogP) is 9.77. The van der Waals surface area contributed by atoms with Gasteiger partial charge in [0.15, 0.2) is 8.15 Å². The summed E-state index contributed by atoms with van der Waals surface area (Å²) in [5, 5.41) is 6.74. The van der Waals surface area contributed by atoms with Gasteiger partial charge in [0.1, 0.15) is 17.2 Å². The molecule has 214 valence electrons. The van der Waals surface area contributed by atoms with Crippen molar-refractivity contribution in [2.24, 2.45) is 0 Å². The summed E-state index contributed by atoms with van der Waals surface area (Å²) < 4.78 is 19.4. The molecular weight excluding hydrogens is 559 g/mol. The first kappa shape index (κ1) is 27.7. The number of methoxy groups -OCH3 is 2. The van der Waals surface area contributed by atoms with Crippen molar-refractivity contribution in [1.82, 2.24) is 0 Å². The van der Waals surface area contributed by atoms with E-state index in [1.807, 2.05) is 24.3 Å². The summed E-state index contributed by atoms with van der Waals surface area (Å²) in [4.78, 5) is 0.